The summed E-state index contributed by atoms with van der Waals surface area (Å²) < 4.78 is 5.32. The molecule has 0 aliphatic carbocycles. The van der Waals surface area contributed by atoms with Gasteiger partial charge in [0, 0.05) is 18.0 Å². The van der Waals surface area contributed by atoms with E-state index in [0.717, 1.165) is 21.3 Å². The lowest BCUT2D eigenvalue weighted by Gasteiger charge is -2.04. The molecule has 0 aliphatic rings. The van der Waals surface area contributed by atoms with E-state index in [0.29, 0.717) is 19.4 Å². The molecule has 0 unspecified atom stereocenters. The number of fused-ring (bicyclic) bond motifs is 1. The average molecular weight is 315 g/mol. The van der Waals surface area contributed by atoms with Crippen LogP contribution in [-0.4, -0.2) is 34.7 Å². The van der Waals surface area contributed by atoms with E-state index in [4.69, 9.17) is 20.9 Å². The molecule has 4 N–H and O–H groups in total. The van der Waals surface area contributed by atoms with Gasteiger partial charge >= 0.3 is 5.97 Å². The smallest absolute Gasteiger partial charge is 0.328 e. The average Bonchev–Trinajstić information content (AvgIpc) is 2.96. The summed E-state index contributed by atoms with van der Waals surface area (Å²) in [5.41, 5.74) is 8.79. The van der Waals surface area contributed by atoms with Gasteiger partial charge in [-0.3, -0.25) is 4.99 Å². The van der Waals surface area contributed by atoms with Crippen LogP contribution in [0.4, 0.5) is 0 Å². The van der Waals surface area contributed by atoms with Gasteiger partial charge in [-0.1, -0.05) is 18.2 Å². The van der Waals surface area contributed by atoms with Crippen molar-refractivity contribution in [2.24, 2.45) is 10.8 Å². The number of hydrazine groups is 1. The molecule has 120 valence electrons. The molecule has 1 aromatic heterocycles. The first-order valence-corrected chi connectivity index (χ1v) is 7.19. The SMILES string of the molecule is N=[N+](N)CCC[C@H](N=C/C=C/c1ccc2ccoc2c1)C(=O)O. The Hall–Kier alpha value is -2.96. The number of furan rings is 1. The third-order valence-corrected chi connectivity index (χ3v) is 3.28. The van der Waals surface area contributed by atoms with E-state index in [9.17, 15) is 4.79 Å². The Morgan fingerprint density at radius 1 is 1.48 bits per heavy atom. The summed E-state index contributed by atoms with van der Waals surface area (Å²) in [6, 6.07) is 6.86. The van der Waals surface area contributed by atoms with Gasteiger partial charge in [-0.05, 0) is 40.5 Å². The summed E-state index contributed by atoms with van der Waals surface area (Å²) >= 11 is 0. The van der Waals surface area contributed by atoms with Crippen molar-refractivity contribution >= 4 is 29.2 Å². The molecule has 0 saturated carbocycles. The van der Waals surface area contributed by atoms with Crippen molar-refractivity contribution in [3.63, 3.8) is 0 Å². The van der Waals surface area contributed by atoms with Crippen LogP contribution in [0.1, 0.15) is 18.4 Å². The number of aliphatic carboxylic acids is 1. The number of nitrogens with zero attached hydrogens (tertiary/aromatic N) is 2. The van der Waals surface area contributed by atoms with Crippen molar-refractivity contribution in [3.05, 3.63) is 42.2 Å². The monoisotopic (exact) mass is 315 g/mol. The highest BCUT2D eigenvalue weighted by molar-refractivity contribution is 5.84. The molecule has 23 heavy (non-hydrogen) atoms. The van der Waals surface area contributed by atoms with E-state index in [-0.39, 0.29) is 0 Å². The normalized spacial score (nSPS) is 13.0. The number of benzene rings is 1. The van der Waals surface area contributed by atoms with E-state index in [1.165, 1.54) is 6.21 Å². The third kappa shape index (κ3) is 5.06. The summed E-state index contributed by atoms with van der Waals surface area (Å²) in [5, 5.41) is 10.1. The second-order valence-corrected chi connectivity index (χ2v) is 5.06. The van der Waals surface area contributed by atoms with E-state index in [1.807, 2.05) is 30.3 Å². The van der Waals surface area contributed by atoms with Crippen LogP contribution in [0.15, 0.2) is 46.0 Å². The molecule has 1 atom stereocenters. The topological polar surface area (TPSA) is 116 Å². The van der Waals surface area contributed by atoms with Crippen LogP contribution in [0.25, 0.3) is 17.0 Å². The van der Waals surface area contributed by atoms with E-state index in [1.54, 1.807) is 12.3 Å². The molecule has 0 amide bonds. The fourth-order valence-electron chi connectivity index (χ4n) is 2.10. The molecule has 0 spiro atoms. The second-order valence-electron chi connectivity index (χ2n) is 5.06. The van der Waals surface area contributed by atoms with Gasteiger partial charge in [-0.15, -0.1) is 0 Å². The molecule has 0 aliphatic heterocycles. The molecular formula is C16H19N4O3+. The molecule has 0 bridgehead atoms. The van der Waals surface area contributed by atoms with Gasteiger partial charge in [0.25, 0.3) is 0 Å². The first kappa shape index (κ1) is 16.4. The molecule has 7 heteroatoms. The molecule has 0 saturated heterocycles. The lowest BCUT2D eigenvalue weighted by molar-refractivity contribution is -0.626. The molecular weight excluding hydrogens is 296 g/mol. The van der Waals surface area contributed by atoms with Crippen molar-refractivity contribution in [2.75, 3.05) is 6.54 Å². The number of carboxylic acids is 1. The Kier molecular flexibility index (Phi) is 5.62. The van der Waals surface area contributed by atoms with E-state index >= 15 is 0 Å². The van der Waals surface area contributed by atoms with Crippen molar-refractivity contribution in [3.8, 4) is 0 Å². The van der Waals surface area contributed by atoms with Gasteiger partial charge in [0.15, 0.2) is 6.54 Å². The zero-order chi connectivity index (χ0) is 16.7. The standard InChI is InChI=1S/C16H18N4O3/c17-20(18)9-2-4-14(16(21)22)19-8-1-3-12-5-6-13-7-10-23-15(13)11-12/h1,3,5-8,10-11,14H,2,4,9H2,(H3-,17,18,21,22)/p+1/b3-1+,19-8?/t14-/m0/s1. The second kappa shape index (κ2) is 7.88. The number of hydrogen-bond donors (Lipinski definition) is 3. The number of nitrogens with one attached hydrogen (secondary N) is 1. The molecule has 0 radical (unpaired) electrons. The summed E-state index contributed by atoms with van der Waals surface area (Å²) in [6.45, 7) is 0.304. The predicted molar refractivity (Wildman–Crippen MR) is 86.4 cm³/mol. The maximum atomic E-state index is 11.1. The summed E-state index contributed by atoms with van der Waals surface area (Å²) in [7, 11) is 0. The quantitative estimate of drug-likeness (QED) is 0.228. The van der Waals surface area contributed by atoms with Crippen molar-refractivity contribution in [2.45, 2.75) is 18.9 Å². The summed E-state index contributed by atoms with van der Waals surface area (Å²) in [5.74, 6) is 4.18. The minimum Gasteiger partial charge on any atom is -0.480 e. The summed E-state index contributed by atoms with van der Waals surface area (Å²) in [6.07, 6.45) is 7.47. The van der Waals surface area contributed by atoms with Gasteiger partial charge in [0.1, 0.15) is 11.6 Å². The zero-order valence-electron chi connectivity index (χ0n) is 12.6. The van der Waals surface area contributed by atoms with Crippen LogP contribution in [0.5, 0.6) is 0 Å². The Bertz CT molecular complexity index is 749. The lowest BCUT2D eigenvalue weighted by Crippen LogP contribution is -2.22. The Morgan fingerprint density at radius 3 is 3.04 bits per heavy atom. The van der Waals surface area contributed by atoms with Crippen LogP contribution in [0.3, 0.4) is 0 Å². The minimum absolute atomic E-state index is 0.304. The number of carbonyl (C=O) groups is 1. The van der Waals surface area contributed by atoms with Crippen LogP contribution in [0.2, 0.25) is 0 Å². The van der Waals surface area contributed by atoms with Gasteiger partial charge < -0.3 is 9.52 Å². The van der Waals surface area contributed by atoms with Crippen LogP contribution >= 0.6 is 0 Å². The highest BCUT2D eigenvalue weighted by atomic mass is 16.4. The zero-order valence-corrected chi connectivity index (χ0v) is 12.6. The fourth-order valence-corrected chi connectivity index (χ4v) is 2.10. The number of hydrogen-bond acceptors (Lipinski definition) is 4. The van der Waals surface area contributed by atoms with E-state index in [2.05, 4.69) is 4.99 Å². The van der Waals surface area contributed by atoms with Gasteiger partial charge in [-0.25, -0.2) is 4.79 Å². The number of aliphatic imine (C=N–C) groups is 1. The third-order valence-electron chi connectivity index (χ3n) is 3.28. The van der Waals surface area contributed by atoms with Crippen LogP contribution < -0.4 is 5.84 Å². The first-order chi connectivity index (χ1) is 11.1. The number of rotatable bonds is 8. The van der Waals surface area contributed by atoms with Crippen LogP contribution in [-0.2, 0) is 4.79 Å². The minimum atomic E-state index is -0.986. The van der Waals surface area contributed by atoms with Crippen molar-refractivity contribution in [1.82, 2.24) is 0 Å². The number of carboxylic acid groups (broad SMARTS) is 1. The molecule has 7 nitrogen and oxygen atoms in total. The lowest BCUT2D eigenvalue weighted by atomic mass is 10.1. The molecule has 1 heterocycles. The Morgan fingerprint density at radius 2 is 2.30 bits per heavy atom. The maximum Gasteiger partial charge on any atom is 0.328 e. The largest absolute Gasteiger partial charge is 0.480 e. The molecule has 1 aromatic carbocycles. The molecule has 2 rings (SSSR count). The van der Waals surface area contributed by atoms with Crippen molar-refractivity contribution < 1.29 is 19.1 Å². The number of nitrogens with two attached hydrogens (primary N) is 1. The highest BCUT2D eigenvalue weighted by Gasteiger charge is 2.15. The molecule has 0 fully saturated rings. The van der Waals surface area contributed by atoms with Gasteiger partial charge in [0.05, 0.1) is 6.26 Å². The Balaban J connectivity index is 1.93. The highest BCUT2D eigenvalue weighted by Crippen LogP contribution is 2.17. The van der Waals surface area contributed by atoms with Gasteiger partial charge in [-0.2, -0.15) is 5.84 Å². The summed E-state index contributed by atoms with van der Waals surface area (Å²) in [4.78, 5) is 15.9. The first-order valence-electron chi connectivity index (χ1n) is 7.19. The maximum absolute atomic E-state index is 11.1. The van der Waals surface area contributed by atoms with Crippen LogP contribution in [0, 0.1) is 5.53 Å². The fraction of sp³-hybridized carbons (Fsp3) is 0.250. The van der Waals surface area contributed by atoms with Crippen molar-refractivity contribution in [1.29, 1.82) is 5.53 Å². The Labute approximate surface area is 133 Å². The van der Waals surface area contributed by atoms with Gasteiger partial charge in [0.2, 0.25) is 0 Å². The predicted octanol–water partition coefficient (Wildman–Crippen LogP) is 2.67. The number of allylic oxidation sites excluding steroid dienone is 1. The van der Waals surface area contributed by atoms with E-state index < -0.39 is 12.0 Å². The molecule has 2 aromatic rings.